The first-order valence-corrected chi connectivity index (χ1v) is 13.3. The number of benzene rings is 2. The van der Waals surface area contributed by atoms with Gasteiger partial charge in [0.1, 0.15) is 23.1 Å². The van der Waals surface area contributed by atoms with E-state index in [1.807, 2.05) is 19.9 Å². The van der Waals surface area contributed by atoms with Crippen LogP contribution in [0.1, 0.15) is 44.5 Å². The second-order valence-electron chi connectivity index (χ2n) is 10.4. The molecular weight excluding hydrogens is 495 g/mol. The van der Waals surface area contributed by atoms with E-state index < -0.39 is 11.5 Å². The lowest BCUT2D eigenvalue weighted by atomic mass is 10.1. The topological polar surface area (TPSA) is 69.4 Å². The Morgan fingerprint density at radius 2 is 1.92 bits per heavy atom. The molecule has 7 nitrogen and oxygen atoms in total. The van der Waals surface area contributed by atoms with E-state index in [1.54, 1.807) is 30.3 Å². The maximum Gasteiger partial charge on any atom is 0.355 e. The van der Waals surface area contributed by atoms with Crippen LogP contribution in [0, 0.1) is 11.7 Å². The summed E-state index contributed by atoms with van der Waals surface area (Å²) >= 11 is 6.17. The highest BCUT2D eigenvalue weighted by molar-refractivity contribution is 6.30. The number of nitrogens with zero attached hydrogens (tertiary/aromatic N) is 4. The molecule has 9 heteroatoms. The van der Waals surface area contributed by atoms with Crippen LogP contribution < -0.4 is 5.69 Å². The van der Waals surface area contributed by atoms with Crippen LogP contribution in [0.5, 0.6) is 0 Å². The number of carbonyl (C=O) groups is 1. The molecular formula is C28H32ClFN4O3. The monoisotopic (exact) mass is 526 g/mol. The van der Waals surface area contributed by atoms with Crippen molar-refractivity contribution in [2.45, 2.75) is 58.0 Å². The maximum atomic E-state index is 15.4. The van der Waals surface area contributed by atoms with Gasteiger partial charge in [-0.05, 0) is 61.1 Å². The molecule has 0 radical (unpaired) electrons. The third-order valence-corrected chi connectivity index (χ3v) is 7.43. The second kappa shape index (κ2) is 10.9. The molecule has 196 valence electrons. The minimum Gasteiger partial charge on any atom is -0.378 e. The molecule has 37 heavy (non-hydrogen) atoms. The van der Waals surface area contributed by atoms with Gasteiger partial charge in [-0.2, -0.15) is 4.68 Å². The molecule has 3 aromatic rings. The summed E-state index contributed by atoms with van der Waals surface area (Å²) in [6, 6.07) is 12.6. The van der Waals surface area contributed by atoms with Crippen molar-refractivity contribution >= 4 is 17.4 Å². The van der Waals surface area contributed by atoms with Gasteiger partial charge in [0.2, 0.25) is 0 Å². The van der Waals surface area contributed by atoms with Crippen molar-refractivity contribution in [2.75, 3.05) is 19.8 Å². The van der Waals surface area contributed by atoms with Crippen LogP contribution in [0.2, 0.25) is 5.02 Å². The van der Waals surface area contributed by atoms with Crippen molar-refractivity contribution in [1.82, 2.24) is 19.2 Å². The molecule has 5 rings (SSSR count). The Kier molecular flexibility index (Phi) is 7.60. The number of ketones is 1. The predicted octanol–water partition coefficient (Wildman–Crippen LogP) is 4.38. The van der Waals surface area contributed by atoms with E-state index in [0.29, 0.717) is 35.6 Å². The minimum absolute atomic E-state index is 0.0332. The average Bonchev–Trinajstić information content (AvgIpc) is 3.26. The Labute approximate surface area is 220 Å². The Morgan fingerprint density at radius 1 is 1.16 bits per heavy atom. The molecule has 0 spiro atoms. The first kappa shape index (κ1) is 25.8. The molecule has 0 N–H and O–H groups in total. The third kappa shape index (κ3) is 5.56. The number of Topliss-reactive ketones (excluding diaryl/α,β-unsaturated/α-hetero) is 1. The molecule has 2 unspecified atom stereocenters. The van der Waals surface area contributed by atoms with E-state index in [4.69, 9.17) is 16.3 Å². The number of fused-ring (bicyclic) bond motifs is 2. The van der Waals surface area contributed by atoms with E-state index in [-0.39, 0.29) is 29.6 Å². The predicted molar refractivity (Wildman–Crippen MR) is 140 cm³/mol. The largest absolute Gasteiger partial charge is 0.378 e. The van der Waals surface area contributed by atoms with Gasteiger partial charge in [0.25, 0.3) is 0 Å². The van der Waals surface area contributed by atoms with Crippen LogP contribution in [0.25, 0.3) is 11.4 Å². The first-order chi connectivity index (χ1) is 17.8. The van der Waals surface area contributed by atoms with Gasteiger partial charge in [0.05, 0.1) is 25.3 Å². The number of hydrogen-bond acceptors (Lipinski definition) is 5. The van der Waals surface area contributed by atoms with Gasteiger partial charge < -0.3 is 4.74 Å². The van der Waals surface area contributed by atoms with E-state index in [2.05, 4.69) is 10.00 Å². The summed E-state index contributed by atoms with van der Waals surface area (Å²) in [5.74, 6) is -0.133. The van der Waals surface area contributed by atoms with Crippen molar-refractivity contribution < 1.29 is 13.9 Å². The van der Waals surface area contributed by atoms with Crippen molar-refractivity contribution in [3.63, 3.8) is 0 Å². The normalized spacial score (nSPS) is 19.6. The SMILES string of the molecule is CC(C)CC(=O)Cc1nn(-c2ccc(CCN3C4CCC3COC4)cc2F)c(=O)n1-c1cccc(Cl)c1. The van der Waals surface area contributed by atoms with E-state index in [1.165, 1.54) is 10.6 Å². The van der Waals surface area contributed by atoms with Crippen molar-refractivity contribution in [1.29, 1.82) is 0 Å². The number of hydrogen-bond donors (Lipinski definition) is 0. The van der Waals surface area contributed by atoms with E-state index in [0.717, 1.165) is 42.8 Å². The Balaban J connectivity index is 1.43. The molecule has 0 saturated carbocycles. The number of carbonyl (C=O) groups excluding carboxylic acids is 1. The van der Waals surface area contributed by atoms with Gasteiger partial charge in [-0.1, -0.05) is 37.6 Å². The molecule has 1 aromatic heterocycles. The Morgan fingerprint density at radius 3 is 2.59 bits per heavy atom. The van der Waals surface area contributed by atoms with Crippen LogP contribution >= 0.6 is 11.6 Å². The zero-order valence-electron chi connectivity index (χ0n) is 21.2. The fourth-order valence-electron chi connectivity index (χ4n) is 5.47. The summed E-state index contributed by atoms with van der Waals surface area (Å²) in [5.41, 5.74) is 0.847. The average molecular weight is 527 g/mol. The van der Waals surface area contributed by atoms with E-state index >= 15 is 4.39 Å². The van der Waals surface area contributed by atoms with Gasteiger partial charge in [-0.15, -0.1) is 5.10 Å². The molecule has 2 aliphatic heterocycles. The summed E-state index contributed by atoms with van der Waals surface area (Å²) in [4.78, 5) is 28.6. The fourth-order valence-corrected chi connectivity index (χ4v) is 5.66. The molecule has 2 aliphatic rings. The lowest BCUT2D eigenvalue weighted by molar-refractivity contribution is -0.119. The Bertz CT molecular complexity index is 1340. The highest BCUT2D eigenvalue weighted by atomic mass is 35.5. The van der Waals surface area contributed by atoms with Crippen LogP contribution in [0.4, 0.5) is 4.39 Å². The molecule has 2 fully saturated rings. The number of ether oxygens (including phenoxy) is 1. The second-order valence-corrected chi connectivity index (χ2v) is 10.9. The van der Waals surface area contributed by atoms with Gasteiger partial charge in [0, 0.05) is 30.1 Å². The van der Waals surface area contributed by atoms with Gasteiger partial charge in [-0.25, -0.2) is 13.8 Å². The standard InChI is InChI=1S/C28H32ClFN4O3/c1-18(2)12-24(35)15-27-31-34(28(36)33(27)21-5-3-4-20(29)14-21)26-9-6-19(13-25(26)30)10-11-32-22-7-8-23(32)17-37-16-22/h3-6,9,13-14,18,22-23H,7-8,10-12,15-17H2,1-2H3. The van der Waals surface area contributed by atoms with Crippen molar-refractivity contribution in [2.24, 2.45) is 5.92 Å². The van der Waals surface area contributed by atoms with Gasteiger partial charge in [-0.3, -0.25) is 9.69 Å². The summed E-state index contributed by atoms with van der Waals surface area (Å²) in [6.45, 7) is 6.31. The molecule has 2 aromatic carbocycles. The summed E-state index contributed by atoms with van der Waals surface area (Å²) in [5, 5.41) is 4.86. The third-order valence-electron chi connectivity index (χ3n) is 7.19. The van der Waals surface area contributed by atoms with E-state index in [9.17, 15) is 9.59 Å². The summed E-state index contributed by atoms with van der Waals surface area (Å²) in [6.07, 6.45) is 3.35. The zero-order valence-corrected chi connectivity index (χ0v) is 22.0. The summed E-state index contributed by atoms with van der Waals surface area (Å²) in [7, 11) is 0. The first-order valence-electron chi connectivity index (χ1n) is 12.9. The molecule has 0 amide bonds. The maximum absolute atomic E-state index is 15.4. The Hall–Kier alpha value is -2.81. The molecule has 0 aliphatic carbocycles. The highest BCUT2D eigenvalue weighted by Gasteiger charge is 2.36. The fraction of sp³-hybridized carbons (Fsp3) is 0.464. The lowest BCUT2D eigenvalue weighted by Crippen LogP contribution is -2.46. The van der Waals surface area contributed by atoms with Gasteiger partial charge in [0.15, 0.2) is 0 Å². The lowest BCUT2D eigenvalue weighted by Gasteiger charge is -2.34. The quantitative estimate of drug-likeness (QED) is 0.414. The van der Waals surface area contributed by atoms with Crippen LogP contribution in [0.3, 0.4) is 0 Å². The van der Waals surface area contributed by atoms with Crippen LogP contribution in [-0.4, -0.2) is 56.9 Å². The molecule has 3 heterocycles. The molecule has 2 atom stereocenters. The smallest absolute Gasteiger partial charge is 0.355 e. The number of rotatable bonds is 9. The van der Waals surface area contributed by atoms with Crippen LogP contribution in [0.15, 0.2) is 47.3 Å². The van der Waals surface area contributed by atoms with Crippen LogP contribution in [-0.2, 0) is 22.4 Å². The summed E-state index contributed by atoms with van der Waals surface area (Å²) < 4.78 is 23.4. The van der Waals surface area contributed by atoms with Gasteiger partial charge >= 0.3 is 5.69 Å². The molecule has 2 bridgehead atoms. The minimum atomic E-state index is -0.550. The zero-order chi connectivity index (χ0) is 26.1. The highest BCUT2D eigenvalue weighted by Crippen LogP contribution is 2.29. The molecule has 2 saturated heterocycles. The number of halogens is 2. The van der Waals surface area contributed by atoms with Crippen molar-refractivity contribution in [3.8, 4) is 11.4 Å². The van der Waals surface area contributed by atoms with Crippen molar-refractivity contribution in [3.05, 3.63) is 75.2 Å². The number of aromatic nitrogens is 3. The number of morpholine rings is 1.